The lowest BCUT2D eigenvalue weighted by Crippen LogP contribution is -2.45. The molecular weight excluding hydrogens is 336 g/mol. The van der Waals surface area contributed by atoms with Crippen LogP contribution in [0.25, 0.3) is 0 Å². The highest BCUT2D eigenvalue weighted by atomic mass is 35.5. The first-order valence-corrected chi connectivity index (χ1v) is 9.66. The van der Waals surface area contributed by atoms with Crippen molar-refractivity contribution >= 4 is 17.6 Å². The molecule has 2 saturated heterocycles. The summed E-state index contributed by atoms with van der Waals surface area (Å²) in [5.74, 6) is 1.69. The van der Waals surface area contributed by atoms with Crippen LogP contribution in [0.5, 0.6) is 5.75 Å². The third-order valence-electron chi connectivity index (χ3n) is 5.04. The van der Waals surface area contributed by atoms with Crippen molar-refractivity contribution in [2.75, 3.05) is 39.8 Å². The average molecular weight is 365 g/mol. The van der Waals surface area contributed by atoms with Crippen molar-refractivity contribution in [1.29, 1.82) is 0 Å². The first kappa shape index (κ1) is 18.3. The molecule has 0 spiro atoms. The van der Waals surface area contributed by atoms with E-state index in [0.717, 1.165) is 24.8 Å². The number of nitrogens with one attached hydrogen (secondary N) is 1. The van der Waals surface area contributed by atoms with Crippen LogP contribution in [0.15, 0.2) is 29.3 Å². The fourth-order valence-corrected chi connectivity index (χ4v) is 3.89. The minimum absolute atomic E-state index is 0.00799. The van der Waals surface area contributed by atoms with Gasteiger partial charge in [-0.1, -0.05) is 23.7 Å². The van der Waals surface area contributed by atoms with Crippen LogP contribution >= 0.6 is 11.6 Å². The fraction of sp³-hybridized carbons (Fsp3) is 0.632. The monoisotopic (exact) mass is 364 g/mol. The maximum absolute atomic E-state index is 6.16. The summed E-state index contributed by atoms with van der Waals surface area (Å²) >= 11 is 6.16. The molecule has 3 rings (SSSR count). The van der Waals surface area contributed by atoms with E-state index in [-0.39, 0.29) is 6.10 Å². The molecule has 2 atom stereocenters. The molecule has 5 nitrogen and oxygen atoms in total. The van der Waals surface area contributed by atoms with Crippen LogP contribution in [0.4, 0.5) is 0 Å². The largest absolute Gasteiger partial charge is 0.487 e. The summed E-state index contributed by atoms with van der Waals surface area (Å²) in [5, 5.41) is 4.10. The van der Waals surface area contributed by atoms with Gasteiger partial charge in [-0.05, 0) is 51.4 Å². The number of nitrogens with zero attached hydrogens (tertiary/aromatic N) is 3. The average Bonchev–Trinajstić information content (AvgIpc) is 3.29. The van der Waals surface area contributed by atoms with Crippen LogP contribution in [-0.4, -0.2) is 67.7 Å². The van der Waals surface area contributed by atoms with Crippen molar-refractivity contribution in [1.82, 2.24) is 15.1 Å². The van der Waals surface area contributed by atoms with Crippen molar-refractivity contribution < 1.29 is 4.74 Å². The summed E-state index contributed by atoms with van der Waals surface area (Å²) in [4.78, 5) is 9.46. The number of halogens is 1. The van der Waals surface area contributed by atoms with Crippen molar-refractivity contribution in [3.05, 3.63) is 29.3 Å². The Morgan fingerprint density at radius 2 is 2.08 bits per heavy atom. The van der Waals surface area contributed by atoms with Crippen LogP contribution < -0.4 is 10.1 Å². The predicted octanol–water partition coefficient (Wildman–Crippen LogP) is 2.85. The van der Waals surface area contributed by atoms with Gasteiger partial charge in [0.1, 0.15) is 11.9 Å². The number of rotatable bonds is 5. The van der Waals surface area contributed by atoms with Gasteiger partial charge in [0.15, 0.2) is 5.96 Å². The minimum atomic E-state index is 0.00799. The van der Waals surface area contributed by atoms with Crippen molar-refractivity contribution in [3.63, 3.8) is 0 Å². The molecule has 0 bridgehead atoms. The second kappa shape index (κ2) is 8.77. The Labute approximate surface area is 156 Å². The van der Waals surface area contributed by atoms with E-state index in [0.29, 0.717) is 17.6 Å². The predicted molar refractivity (Wildman–Crippen MR) is 104 cm³/mol. The molecule has 138 valence electrons. The van der Waals surface area contributed by atoms with Gasteiger partial charge in [0, 0.05) is 26.2 Å². The summed E-state index contributed by atoms with van der Waals surface area (Å²) in [6, 6.07) is 8.26. The van der Waals surface area contributed by atoms with Crippen molar-refractivity contribution in [2.24, 2.45) is 4.99 Å². The molecule has 2 heterocycles. The van der Waals surface area contributed by atoms with E-state index >= 15 is 0 Å². The van der Waals surface area contributed by atoms with Gasteiger partial charge in [-0.15, -0.1) is 0 Å². The smallest absolute Gasteiger partial charge is 0.193 e. The first-order chi connectivity index (χ1) is 12.2. The molecule has 0 aliphatic carbocycles. The highest BCUT2D eigenvalue weighted by molar-refractivity contribution is 6.32. The van der Waals surface area contributed by atoms with Gasteiger partial charge < -0.3 is 15.0 Å². The zero-order chi connectivity index (χ0) is 17.6. The molecule has 0 amide bonds. The molecule has 6 heteroatoms. The van der Waals surface area contributed by atoms with Crippen molar-refractivity contribution in [2.45, 2.75) is 38.3 Å². The van der Waals surface area contributed by atoms with Gasteiger partial charge in [0.25, 0.3) is 0 Å². The van der Waals surface area contributed by atoms with Gasteiger partial charge >= 0.3 is 0 Å². The molecule has 2 fully saturated rings. The first-order valence-electron chi connectivity index (χ1n) is 9.28. The van der Waals surface area contributed by atoms with E-state index in [2.05, 4.69) is 20.1 Å². The van der Waals surface area contributed by atoms with E-state index in [1.165, 1.54) is 32.4 Å². The lowest BCUT2D eigenvalue weighted by molar-refractivity contribution is 0.221. The molecular formula is C19H29ClN4O. The summed E-state index contributed by atoms with van der Waals surface area (Å²) in [6.07, 6.45) is 3.93. The standard InChI is InChI=1S/C19H29ClN4O/c1-15(25-18-8-4-3-7-17(18)20)13-22-19(21-2)24-12-9-16(14-24)23-10-5-6-11-23/h3-4,7-8,15-16H,5-6,9-14H2,1-2H3,(H,21,22). The molecule has 1 N–H and O–H groups in total. The lowest BCUT2D eigenvalue weighted by atomic mass is 10.2. The topological polar surface area (TPSA) is 40.1 Å². The van der Waals surface area contributed by atoms with E-state index in [4.69, 9.17) is 16.3 Å². The highest BCUT2D eigenvalue weighted by Crippen LogP contribution is 2.24. The summed E-state index contributed by atoms with van der Waals surface area (Å²) in [6.45, 7) is 7.39. The second-order valence-electron chi connectivity index (χ2n) is 6.92. The van der Waals surface area contributed by atoms with Crippen LogP contribution in [0.1, 0.15) is 26.2 Å². The minimum Gasteiger partial charge on any atom is -0.487 e. The Balaban J connectivity index is 1.47. The van der Waals surface area contributed by atoms with Crippen molar-refractivity contribution in [3.8, 4) is 5.75 Å². The molecule has 0 radical (unpaired) electrons. The van der Waals surface area contributed by atoms with Crippen LogP contribution in [0.3, 0.4) is 0 Å². The van der Waals surface area contributed by atoms with E-state index < -0.39 is 0 Å². The Hall–Kier alpha value is -1.46. The summed E-state index contributed by atoms with van der Waals surface area (Å²) in [7, 11) is 1.85. The number of benzene rings is 1. The van der Waals surface area contributed by atoms with Gasteiger partial charge in [0.2, 0.25) is 0 Å². The molecule has 2 aliphatic rings. The Morgan fingerprint density at radius 3 is 2.80 bits per heavy atom. The van der Waals surface area contributed by atoms with Crippen LogP contribution in [0, 0.1) is 0 Å². The maximum atomic E-state index is 6.16. The highest BCUT2D eigenvalue weighted by Gasteiger charge is 2.30. The quantitative estimate of drug-likeness (QED) is 0.644. The molecule has 2 unspecified atom stereocenters. The molecule has 1 aromatic rings. The molecule has 25 heavy (non-hydrogen) atoms. The van der Waals surface area contributed by atoms with Gasteiger partial charge in [-0.25, -0.2) is 0 Å². The number of hydrogen-bond donors (Lipinski definition) is 1. The third kappa shape index (κ3) is 4.79. The molecule has 0 aromatic heterocycles. The van der Waals surface area contributed by atoms with Crippen LogP contribution in [0.2, 0.25) is 5.02 Å². The van der Waals surface area contributed by atoms with E-state index in [1.54, 1.807) is 0 Å². The zero-order valence-electron chi connectivity index (χ0n) is 15.2. The summed E-state index contributed by atoms with van der Waals surface area (Å²) < 4.78 is 5.93. The second-order valence-corrected chi connectivity index (χ2v) is 7.33. The maximum Gasteiger partial charge on any atom is 0.193 e. The SMILES string of the molecule is CN=C(NCC(C)Oc1ccccc1Cl)N1CCC(N2CCCC2)C1. The molecule has 2 aliphatic heterocycles. The van der Waals surface area contributed by atoms with E-state index in [9.17, 15) is 0 Å². The Bertz CT molecular complexity index is 589. The fourth-order valence-electron chi connectivity index (χ4n) is 3.71. The number of aliphatic imine (C=N–C) groups is 1. The third-order valence-corrected chi connectivity index (χ3v) is 5.36. The van der Waals surface area contributed by atoms with E-state index in [1.807, 2.05) is 38.2 Å². The normalized spacial score (nSPS) is 23.1. The number of hydrogen-bond acceptors (Lipinski definition) is 3. The number of guanidine groups is 1. The van der Waals surface area contributed by atoms with Crippen LogP contribution in [-0.2, 0) is 0 Å². The summed E-state index contributed by atoms with van der Waals surface area (Å²) in [5.41, 5.74) is 0. The number of ether oxygens (including phenoxy) is 1. The van der Waals surface area contributed by atoms with Gasteiger partial charge in [0.05, 0.1) is 11.6 Å². The number of para-hydroxylation sites is 1. The molecule has 0 saturated carbocycles. The molecule has 1 aromatic carbocycles. The number of likely N-dealkylation sites (tertiary alicyclic amines) is 2. The van der Waals surface area contributed by atoms with Gasteiger partial charge in [-0.2, -0.15) is 0 Å². The van der Waals surface area contributed by atoms with Gasteiger partial charge in [-0.3, -0.25) is 9.89 Å². The zero-order valence-corrected chi connectivity index (χ0v) is 16.0. The lowest BCUT2D eigenvalue weighted by Gasteiger charge is -2.26. The Kier molecular flexibility index (Phi) is 6.43. The Morgan fingerprint density at radius 1 is 1.32 bits per heavy atom.